The van der Waals surface area contributed by atoms with Gasteiger partial charge in [0.1, 0.15) is 11.0 Å². The van der Waals surface area contributed by atoms with Gasteiger partial charge >= 0.3 is 0 Å². The van der Waals surface area contributed by atoms with Crippen LogP contribution >= 0.6 is 22.6 Å². The van der Waals surface area contributed by atoms with Crippen LogP contribution in [0.25, 0.3) is 11.0 Å². The molecule has 0 aromatic carbocycles. The molecule has 1 aliphatic heterocycles. The average molecular weight is 329 g/mol. The van der Waals surface area contributed by atoms with Crippen molar-refractivity contribution in [2.45, 2.75) is 18.9 Å². The lowest BCUT2D eigenvalue weighted by Gasteiger charge is -2.23. The van der Waals surface area contributed by atoms with E-state index in [1.54, 1.807) is 0 Å². The van der Waals surface area contributed by atoms with Crippen LogP contribution in [0.5, 0.6) is 0 Å². The lowest BCUT2D eigenvalue weighted by molar-refractivity contribution is 0.0674. The maximum atomic E-state index is 5.38. The zero-order valence-corrected chi connectivity index (χ0v) is 10.9. The van der Waals surface area contributed by atoms with Crippen molar-refractivity contribution in [3.05, 3.63) is 22.0 Å². The Balaban J connectivity index is 2.09. The number of ether oxygens (including phenoxy) is 1. The third-order valence-electron chi connectivity index (χ3n) is 2.97. The quantitative estimate of drug-likeness (QED) is 0.755. The van der Waals surface area contributed by atoms with Crippen LogP contribution in [0.2, 0.25) is 0 Å². The number of halogens is 1. The van der Waals surface area contributed by atoms with Gasteiger partial charge in [0, 0.05) is 23.0 Å². The molecular weight excluding hydrogens is 317 g/mol. The molecule has 0 spiro atoms. The molecule has 2 aromatic rings. The van der Waals surface area contributed by atoms with Gasteiger partial charge in [0.25, 0.3) is 0 Å². The normalized spacial score (nSPS) is 18.1. The van der Waals surface area contributed by atoms with Gasteiger partial charge in [-0.25, -0.2) is 0 Å². The summed E-state index contributed by atoms with van der Waals surface area (Å²) in [6.45, 7) is 1.67. The van der Waals surface area contributed by atoms with E-state index in [-0.39, 0.29) is 0 Å². The molecule has 1 fully saturated rings. The molecule has 3 rings (SSSR count). The van der Waals surface area contributed by atoms with Crippen LogP contribution in [0.4, 0.5) is 0 Å². The van der Waals surface area contributed by atoms with E-state index < -0.39 is 0 Å². The van der Waals surface area contributed by atoms with Gasteiger partial charge < -0.3 is 4.74 Å². The Labute approximate surface area is 107 Å². The molecule has 0 atom stereocenters. The minimum absolute atomic E-state index is 0.462. The van der Waals surface area contributed by atoms with Crippen LogP contribution < -0.4 is 0 Å². The highest BCUT2D eigenvalue weighted by atomic mass is 127. The Morgan fingerprint density at radius 1 is 1.38 bits per heavy atom. The first-order valence-electron chi connectivity index (χ1n) is 5.42. The molecule has 84 valence electrons. The van der Waals surface area contributed by atoms with Crippen molar-refractivity contribution < 1.29 is 4.74 Å². The van der Waals surface area contributed by atoms with E-state index in [4.69, 9.17) is 4.74 Å². The lowest BCUT2D eigenvalue weighted by Crippen LogP contribution is -2.20. The third kappa shape index (κ3) is 1.71. The molecule has 1 saturated heterocycles. The molecular formula is C11H12IN3O. The highest BCUT2D eigenvalue weighted by molar-refractivity contribution is 14.1. The molecule has 16 heavy (non-hydrogen) atoms. The summed E-state index contributed by atoms with van der Waals surface area (Å²) in [5.74, 6) is 0. The number of hydrogen-bond acceptors (Lipinski definition) is 3. The second-order valence-corrected chi connectivity index (χ2v) is 5.12. The van der Waals surface area contributed by atoms with E-state index in [1.807, 2.05) is 18.5 Å². The summed E-state index contributed by atoms with van der Waals surface area (Å²) in [4.78, 5) is 4.34. The first-order chi connectivity index (χ1) is 7.86. The van der Waals surface area contributed by atoms with Crippen molar-refractivity contribution in [1.29, 1.82) is 0 Å². The van der Waals surface area contributed by atoms with E-state index in [2.05, 4.69) is 37.4 Å². The second kappa shape index (κ2) is 4.29. The monoisotopic (exact) mass is 329 g/mol. The van der Waals surface area contributed by atoms with Gasteiger partial charge in [-0.15, -0.1) is 0 Å². The standard InChI is InChI=1S/C11H12IN3O/c12-9-1-4-13-10-7-14-15(11(9)10)8-2-5-16-6-3-8/h1,4,7-8H,2-3,5-6H2. The van der Waals surface area contributed by atoms with E-state index in [9.17, 15) is 0 Å². The lowest BCUT2D eigenvalue weighted by atomic mass is 10.1. The molecule has 0 N–H and O–H groups in total. The Morgan fingerprint density at radius 2 is 2.19 bits per heavy atom. The summed E-state index contributed by atoms with van der Waals surface area (Å²) in [7, 11) is 0. The fourth-order valence-corrected chi connectivity index (χ4v) is 2.83. The van der Waals surface area contributed by atoms with Crippen molar-refractivity contribution in [3.8, 4) is 0 Å². The molecule has 0 amide bonds. The van der Waals surface area contributed by atoms with Crippen LogP contribution in [-0.2, 0) is 4.74 Å². The average Bonchev–Trinajstić information content (AvgIpc) is 2.75. The largest absolute Gasteiger partial charge is 0.381 e. The molecule has 3 heterocycles. The molecule has 0 radical (unpaired) electrons. The summed E-state index contributed by atoms with van der Waals surface area (Å²) in [6.07, 6.45) is 5.77. The number of hydrogen-bond donors (Lipinski definition) is 0. The van der Waals surface area contributed by atoms with Gasteiger partial charge in [-0.3, -0.25) is 9.67 Å². The number of nitrogens with zero attached hydrogens (tertiary/aromatic N) is 3. The molecule has 0 saturated carbocycles. The number of aromatic nitrogens is 3. The molecule has 0 bridgehead atoms. The van der Waals surface area contributed by atoms with Crippen molar-refractivity contribution in [3.63, 3.8) is 0 Å². The number of rotatable bonds is 1. The number of fused-ring (bicyclic) bond motifs is 1. The van der Waals surface area contributed by atoms with Gasteiger partial charge in [0.2, 0.25) is 0 Å². The van der Waals surface area contributed by atoms with Gasteiger partial charge in [-0.1, -0.05) is 0 Å². The SMILES string of the molecule is Ic1ccnc2cnn(C3CCOCC3)c12. The Kier molecular flexibility index (Phi) is 2.81. The zero-order valence-electron chi connectivity index (χ0n) is 8.77. The van der Waals surface area contributed by atoms with Crippen molar-refractivity contribution in [2.24, 2.45) is 0 Å². The predicted molar refractivity (Wildman–Crippen MR) is 69.3 cm³/mol. The number of pyridine rings is 1. The van der Waals surface area contributed by atoms with Gasteiger partial charge in [-0.05, 0) is 41.5 Å². The minimum Gasteiger partial charge on any atom is -0.381 e. The van der Waals surface area contributed by atoms with Crippen LogP contribution in [0.3, 0.4) is 0 Å². The molecule has 1 aliphatic rings. The van der Waals surface area contributed by atoms with Gasteiger partial charge in [0.15, 0.2) is 0 Å². The molecule has 2 aromatic heterocycles. The van der Waals surface area contributed by atoms with Crippen molar-refractivity contribution in [2.75, 3.05) is 13.2 Å². The molecule has 5 heteroatoms. The van der Waals surface area contributed by atoms with Crippen molar-refractivity contribution >= 4 is 33.6 Å². The first kappa shape index (κ1) is 10.5. The first-order valence-corrected chi connectivity index (χ1v) is 6.49. The summed E-state index contributed by atoms with van der Waals surface area (Å²) >= 11 is 2.34. The maximum absolute atomic E-state index is 5.38. The van der Waals surface area contributed by atoms with Crippen LogP contribution in [-0.4, -0.2) is 28.0 Å². The van der Waals surface area contributed by atoms with Crippen molar-refractivity contribution in [1.82, 2.24) is 14.8 Å². The molecule has 0 unspecified atom stereocenters. The third-order valence-corrected chi connectivity index (χ3v) is 3.84. The topological polar surface area (TPSA) is 39.9 Å². The van der Waals surface area contributed by atoms with E-state index >= 15 is 0 Å². The second-order valence-electron chi connectivity index (χ2n) is 3.96. The summed E-state index contributed by atoms with van der Waals surface area (Å²) in [6, 6.07) is 2.49. The summed E-state index contributed by atoms with van der Waals surface area (Å²) < 4.78 is 8.71. The maximum Gasteiger partial charge on any atom is 0.109 e. The fourth-order valence-electron chi connectivity index (χ4n) is 2.15. The van der Waals surface area contributed by atoms with Crippen LogP contribution in [0.15, 0.2) is 18.5 Å². The van der Waals surface area contributed by atoms with Crippen LogP contribution in [0.1, 0.15) is 18.9 Å². The van der Waals surface area contributed by atoms with Gasteiger partial charge in [-0.2, -0.15) is 5.10 Å². The molecule has 0 aliphatic carbocycles. The summed E-state index contributed by atoms with van der Waals surface area (Å²) in [5.41, 5.74) is 2.15. The Bertz CT molecular complexity index is 505. The zero-order chi connectivity index (χ0) is 11.0. The Morgan fingerprint density at radius 3 is 3.00 bits per heavy atom. The van der Waals surface area contributed by atoms with Crippen LogP contribution in [0, 0.1) is 3.57 Å². The predicted octanol–water partition coefficient (Wildman–Crippen LogP) is 2.39. The fraction of sp³-hybridized carbons (Fsp3) is 0.455. The van der Waals surface area contributed by atoms with Gasteiger partial charge in [0.05, 0.1) is 12.2 Å². The minimum atomic E-state index is 0.462. The van der Waals surface area contributed by atoms with E-state index in [0.717, 1.165) is 37.1 Å². The van der Waals surface area contributed by atoms with E-state index in [0.29, 0.717) is 6.04 Å². The smallest absolute Gasteiger partial charge is 0.109 e. The van der Waals surface area contributed by atoms with E-state index in [1.165, 1.54) is 3.57 Å². The highest BCUT2D eigenvalue weighted by Crippen LogP contribution is 2.26. The highest BCUT2D eigenvalue weighted by Gasteiger charge is 2.19. The molecule has 4 nitrogen and oxygen atoms in total. The summed E-state index contributed by atoms with van der Waals surface area (Å²) in [5, 5.41) is 4.47. The Hall–Kier alpha value is -0.690.